The van der Waals surface area contributed by atoms with Crippen LogP contribution in [0.3, 0.4) is 0 Å². The fourth-order valence-corrected chi connectivity index (χ4v) is 1.01. The molecule has 1 unspecified atom stereocenters. The number of halogens is 1. The summed E-state index contributed by atoms with van der Waals surface area (Å²) in [6, 6.07) is 0. The van der Waals surface area contributed by atoms with Crippen LogP contribution in [0.1, 0.15) is 0 Å². The van der Waals surface area contributed by atoms with E-state index in [-0.39, 0.29) is 23.3 Å². The molecule has 1 aromatic heterocycles. The van der Waals surface area contributed by atoms with E-state index in [1.54, 1.807) is 0 Å². The second kappa shape index (κ2) is 5.45. The van der Waals surface area contributed by atoms with Crippen LogP contribution in [0.4, 0.5) is 11.8 Å². The first-order valence-electron chi connectivity index (χ1n) is 4.25. The number of amides is 1. The molecule has 0 aromatic carbocycles. The molecular formula is C7H11ClN6O2. The van der Waals surface area contributed by atoms with Crippen molar-refractivity contribution in [3.8, 4) is 0 Å². The molecule has 0 bridgehead atoms. The summed E-state index contributed by atoms with van der Waals surface area (Å²) in [5, 5.41) is 12.0. The second-order valence-electron chi connectivity index (χ2n) is 2.83. The maximum absolute atomic E-state index is 10.6. The van der Waals surface area contributed by atoms with Crippen LogP contribution in [-0.4, -0.2) is 33.6 Å². The molecule has 1 heterocycles. The number of nitrogen functional groups attached to an aromatic ring is 1. The standard InChI is InChI=1S/C7H11ClN6O2/c8-3-1-12-7(14-10)13-6(3)11-2-4(15)5(9)16/h1,4,15H,2,10H2,(H2,9,16)(H2,11,12,13,14). The van der Waals surface area contributed by atoms with E-state index in [1.807, 2.05) is 0 Å². The van der Waals surface area contributed by atoms with Gasteiger partial charge in [-0.25, -0.2) is 10.8 Å². The number of anilines is 2. The summed E-state index contributed by atoms with van der Waals surface area (Å²) in [6.45, 7) is -0.101. The fraction of sp³-hybridized carbons (Fsp3) is 0.286. The smallest absolute Gasteiger partial charge is 0.248 e. The van der Waals surface area contributed by atoms with Crippen LogP contribution in [0.2, 0.25) is 5.02 Å². The topological polar surface area (TPSA) is 139 Å². The van der Waals surface area contributed by atoms with E-state index in [1.165, 1.54) is 6.20 Å². The monoisotopic (exact) mass is 246 g/mol. The number of hydrogen-bond acceptors (Lipinski definition) is 7. The highest BCUT2D eigenvalue weighted by molar-refractivity contribution is 6.32. The number of carbonyl (C=O) groups excluding carboxylic acids is 1. The lowest BCUT2D eigenvalue weighted by molar-refractivity contribution is -0.125. The Hall–Kier alpha value is -1.64. The number of aromatic nitrogens is 2. The lowest BCUT2D eigenvalue weighted by Gasteiger charge is -2.10. The Bertz CT molecular complexity index is 387. The molecule has 0 aliphatic carbocycles. The van der Waals surface area contributed by atoms with Gasteiger partial charge in [-0.05, 0) is 0 Å². The molecule has 8 nitrogen and oxygen atoms in total. The number of nitrogens with one attached hydrogen (secondary N) is 2. The van der Waals surface area contributed by atoms with Gasteiger partial charge >= 0.3 is 0 Å². The van der Waals surface area contributed by atoms with Gasteiger partial charge in [-0.2, -0.15) is 4.98 Å². The van der Waals surface area contributed by atoms with Crippen molar-refractivity contribution >= 4 is 29.3 Å². The van der Waals surface area contributed by atoms with Crippen LogP contribution >= 0.6 is 11.6 Å². The van der Waals surface area contributed by atoms with E-state index in [0.717, 1.165) is 0 Å². The van der Waals surface area contributed by atoms with Crippen LogP contribution in [-0.2, 0) is 4.79 Å². The normalized spacial score (nSPS) is 11.9. The number of primary amides is 1. The third-order valence-corrected chi connectivity index (χ3v) is 1.94. The van der Waals surface area contributed by atoms with Gasteiger partial charge in [-0.1, -0.05) is 11.6 Å². The number of hydrogen-bond donors (Lipinski definition) is 5. The first-order valence-corrected chi connectivity index (χ1v) is 4.62. The molecule has 0 saturated carbocycles. The largest absolute Gasteiger partial charge is 0.381 e. The van der Waals surface area contributed by atoms with E-state index in [9.17, 15) is 4.79 Å². The SMILES string of the molecule is NNc1ncc(Cl)c(NCC(O)C(N)=O)n1. The summed E-state index contributed by atoms with van der Waals surface area (Å²) in [5.41, 5.74) is 7.10. The van der Waals surface area contributed by atoms with Gasteiger partial charge in [0.05, 0.1) is 12.7 Å². The zero-order valence-electron chi connectivity index (χ0n) is 8.14. The summed E-state index contributed by atoms with van der Waals surface area (Å²) in [4.78, 5) is 18.2. The first kappa shape index (κ1) is 12.4. The summed E-state index contributed by atoms with van der Waals surface area (Å²) in [7, 11) is 0. The quantitative estimate of drug-likeness (QED) is 0.320. The van der Waals surface area contributed by atoms with Gasteiger partial charge < -0.3 is 16.2 Å². The third kappa shape index (κ3) is 3.19. The number of carbonyl (C=O) groups is 1. The van der Waals surface area contributed by atoms with Crippen LogP contribution in [0, 0.1) is 0 Å². The van der Waals surface area contributed by atoms with Crippen LogP contribution < -0.4 is 22.3 Å². The molecule has 0 aliphatic rings. The zero-order valence-corrected chi connectivity index (χ0v) is 8.90. The van der Waals surface area contributed by atoms with Crippen molar-refractivity contribution in [2.45, 2.75) is 6.10 Å². The Morgan fingerprint density at radius 1 is 1.69 bits per heavy atom. The highest BCUT2D eigenvalue weighted by Crippen LogP contribution is 2.18. The van der Waals surface area contributed by atoms with E-state index in [2.05, 4.69) is 20.7 Å². The maximum atomic E-state index is 10.6. The molecule has 0 spiro atoms. The van der Waals surface area contributed by atoms with E-state index in [0.29, 0.717) is 0 Å². The van der Waals surface area contributed by atoms with Crippen molar-refractivity contribution < 1.29 is 9.90 Å². The third-order valence-electron chi connectivity index (χ3n) is 1.66. The number of aliphatic hydroxyl groups excluding tert-OH is 1. The summed E-state index contributed by atoms with van der Waals surface area (Å²) < 4.78 is 0. The molecule has 0 aliphatic heterocycles. The second-order valence-corrected chi connectivity index (χ2v) is 3.24. The summed E-state index contributed by atoms with van der Waals surface area (Å²) in [5.74, 6) is 4.66. The number of nitrogens with zero attached hydrogens (tertiary/aromatic N) is 2. The van der Waals surface area contributed by atoms with Gasteiger partial charge in [0.15, 0.2) is 5.82 Å². The first-order chi connectivity index (χ1) is 7.54. The molecule has 0 radical (unpaired) electrons. The molecule has 0 fully saturated rings. The number of aliphatic hydroxyl groups is 1. The molecule has 16 heavy (non-hydrogen) atoms. The molecule has 1 aromatic rings. The predicted octanol–water partition coefficient (Wildman–Crippen LogP) is -1.33. The average molecular weight is 247 g/mol. The van der Waals surface area contributed by atoms with Gasteiger partial charge in [-0.3, -0.25) is 10.2 Å². The Morgan fingerprint density at radius 3 is 2.94 bits per heavy atom. The van der Waals surface area contributed by atoms with Crippen molar-refractivity contribution in [1.82, 2.24) is 9.97 Å². The zero-order chi connectivity index (χ0) is 12.1. The Morgan fingerprint density at radius 2 is 2.38 bits per heavy atom. The van der Waals surface area contributed by atoms with Crippen molar-refractivity contribution in [3.05, 3.63) is 11.2 Å². The lowest BCUT2D eigenvalue weighted by atomic mass is 10.3. The molecule has 9 heteroatoms. The van der Waals surface area contributed by atoms with Crippen molar-refractivity contribution in [3.63, 3.8) is 0 Å². The maximum Gasteiger partial charge on any atom is 0.248 e. The van der Waals surface area contributed by atoms with Crippen LogP contribution in [0.5, 0.6) is 0 Å². The summed E-state index contributed by atoms with van der Waals surface area (Å²) >= 11 is 5.76. The average Bonchev–Trinajstić information content (AvgIpc) is 2.27. The number of rotatable bonds is 5. The fourth-order valence-electron chi connectivity index (χ4n) is 0.855. The lowest BCUT2D eigenvalue weighted by Crippen LogP contribution is -2.34. The van der Waals surface area contributed by atoms with Crippen molar-refractivity contribution in [1.29, 1.82) is 0 Å². The minimum atomic E-state index is -1.32. The molecular weight excluding hydrogens is 236 g/mol. The molecule has 7 N–H and O–H groups in total. The summed E-state index contributed by atoms with van der Waals surface area (Å²) in [6.07, 6.45) is 0.00300. The van der Waals surface area contributed by atoms with Crippen LogP contribution in [0.25, 0.3) is 0 Å². The highest BCUT2D eigenvalue weighted by atomic mass is 35.5. The Labute approximate surface area is 96.0 Å². The molecule has 1 amide bonds. The van der Waals surface area contributed by atoms with Crippen molar-refractivity contribution in [2.75, 3.05) is 17.3 Å². The minimum absolute atomic E-state index is 0.101. The van der Waals surface area contributed by atoms with E-state index >= 15 is 0 Å². The molecule has 1 rings (SSSR count). The minimum Gasteiger partial charge on any atom is -0.381 e. The van der Waals surface area contributed by atoms with E-state index in [4.69, 9.17) is 28.3 Å². The number of hydrazine groups is 1. The Balaban J connectivity index is 2.69. The van der Waals surface area contributed by atoms with Gasteiger partial charge in [-0.15, -0.1) is 0 Å². The Kier molecular flexibility index (Phi) is 4.23. The highest BCUT2D eigenvalue weighted by Gasteiger charge is 2.12. The van der Waals surface area contributed by atoms with Gasteiger partial charge in [0.1, 0.15) is 11.1 Å². The van der Waals surface area contributed by atoms with Crippen molar-refractivity contribution in [2.24, 2.45) is 11.6 Å². The molecule has 0 saturated heterocycles. The molecule has 88 valence electrons. The molecule has 1 atom stereocenters. The number of nitrogens with two attached hydrogens (primary N) is 2. The predicted molar refractivity (Wildman–Crippen MR) is 58.5 cm³/mol. The van der Waals surface area contributed by atoms with Crippen LogP contribution in [0.15, 0.2) is 6.20 Å². The van der Waals surface area contributed by atoms with Gasteiger partial charge in [0.2, 0.25) is 11.9 Å². The van der Waals surface area contributed by atoms with E-state index < -0.39 is 12.0 Å². The van der Waals surface area contributed by atoms with Gasteiger partial charge in [0, 0.05) is 0 Å². The van der Waals surface area contributed by atoms with Gasteiger partial charge in [0.25, 0.3) is 0 Å².